The normalized spacial score (nSPS) is 15.6. The lowest BCUT2D eigenvalue weighted by atomic mass is 9.86. The highest BCUT2D eigenvalue weighted by atomic mass is 16.5. The lowest BCUT2D eigenvalue weighted by Crippen LogP contribution is -2.39. The zero-order valence-electron chi connectivity index (χ0n) is 21.3. The van der Waals surface area contributed by atoms with Gasteiger partial charge in [-0.05, 0) is 68.7 Å². The second-order valence-electron chi connectivity index (χ2n) is 9.77. The van der Waals surface area contributed by atoms with Crippen LogP contribution in [0, 0.1) is 12.8 Å². The molecule has 2 aromatic rings. The summed E-state index contributed by atoms with van der Waals surface area (Å²) in [4.78, 5) is 32.1. The van der Waals surface area contributed by atoms with Crippen LogP contribution in [0.4, 0.5) is 5.69 Å². The number of aromatic nitrogens is 2. The Hall–Kier alpha value is -3.48. The topological polar surface area (TPSA) is 85.5 Å². The summed E-state index contributed by atoms with van der Waals surface area (Å²) in [5, 5.41) is 3.83. The van der Waals surface area contributed by atoms with Crippen molar-refractivity contribution >= 4 is 29.2 Å². The van der Waals surface area contributed by atoms with Crippen LogP contribution in [0.1, 0.15) is 74.2 Å². The largest absolute Gasteiger partial charge is 0.466 e. The van der Waals surface area contributed by atoms with E-state index in [1.165, 1.54) is 13.5 Å². The number of rotatable bonds is 9. The van der Waals surface area contributed by atoms with E-state index < -0.39 is 0 Å². The van der Waals surface area contributed by atoms with E-state index in [2.05, 4.69) is 23.3 Å². The van der Waals surface area contributed by atoms with Gasteiger partial charge in [0.25, 0.3) is 5.89 Å². The fourth-order valence-electron chi connectivity index (χ4n) is 5.09. The summed E-state index contributed by atoms with van der Waals surface area (Å²) >= 11 is 0. The second-order valence-corrected chi connectivity index (χ2v) is 9.77. The van der Waals surface area contributed by atoms with E-state index in [4.69, 9.17) is 9.26 Å². The first kappa shape index (κ1) is 25.6. The highest BCUT2D eigenvalue weighted by Gasteiger charge is 2.30. The summed E-state index contributed by atoms with van der Waals surface area (Å²) in [7, 11) is 1.40. The third-order valence-electron chi connectivity index (χ3n) is 7.11. The van der Waals surface area contributed by atoms with Crippen LogP contribution in [-0.2, 0) is 20.7 Å². The molecular formula is C29H35N3O4. The molecule has 0 N–H and O–H groups in total. The van der Waals surface area contributed by atoms with Gasteiger partial charge in [0.05, 0.1) is 7.11 Å². The molecule has 1 fully saturated rings. The summed E-state index contributed by atoms with van der Waals surface area (Å²) in [6.07, 6.45) is 9.68. The van der Waals surface area contributed by atoms with Crippen LogP contribution in [-0.4, -0.2) is 35.7 Å². The summed E-state index contributed by atoms with van der Waals surface area (Å²) in [5.74, 6) is 0.918. The van der Waals surface area contributed by atoms with Crippen LogP contribution in [0.2, 0.25) is 0 Å². The van der Waals surface area contributed by atoms with Crippen molar-refractivity contribution in [2.45, 2.75) is 64.7 Å². The second kappa shape index (κ2) is 11.5. The number of carbonyl (C=O) groups excluding carboxylic acids is 2. The number of carbonyl (C=O) groups is 2. The Morgan fingerprint density at radius 3 is 2.61 bits per heavy atom. The number of anilines is 1. The molecule has 1 amide bonds. The van der Waals surface area contributed by atoms with Gasteiger partial charge in [0.1, 0.15) is 0 Å². The smallest absolute Gasteiger partial charge is 0.333 e. The Bertz CT molecular complexity index is 1190. The molecule has 0 aliphatic heterocycles. The highest BCUT2D eigenvalue weighted by Crippen LogP contribution is 2.35. The van der Waals surface area contributed by atoms with Gasteiger partial charge in [0, 0.05) is 29.3 Å². The predicted molar refractivity (Wildman–Crippen MR) is 140 cm³/mol. The van der Waals surface area contributed by atoms with Crippen molar-refractivity contribution < 1.29 is 18.8 Å². The maximum atomic E-state index is 13.8. The molecule has 2 aliphatic carbocycles. The Kier molecular flexibility index (Phi) is 8.18. The third kappa shape index (κ3) is 5.83. The molecule has 190 valence electrons. The van der Waals surface area contributed by atoms with Crippen LogP contribution in [0.25, 0.3) is 11.6 Å². The molecular weight excluding hydrogens is 454 g/mol. The van der Waals surface area contributed by atoms with Gasteiger partial charge in [-0.25, -0.2) is 4.79 Å². The Balaban J connectivity index is 1.56. The molecule has 7 nitrogen and oxygen atoms in total. The van der Waals surface area contributed by atoms with Crippen LogP contribution >= 0.6 is 0 Å². The van der Waals surface area contributed by atoms with Crippen molar-refractivity contribution in [3.63, 3.8) is 0 Å². The van der Waals surface area contributed by atoms with E-state index >= 15 is 0 Å². The van der Waals surface area contributed by atoms with Crippen molar-refractivity contribution in [2.24, 2.45) is 5.92 Å². The van der Waals surface area contributed by atoms with E-state index in [1.54, 1.807) is 6.92 Å². The molecule has 1 saturated carbocycles. The fraction of sp³-hybridized carbons (Fsp3) is 0.448. The van der Waals surface area contributed by atoms with E-state index in [-0.39, 0.29) is 17.8 Å². The van der Waals surface area contributed by atoms with E-state index in [0.29, 0.717) is 49.5 Å². The Labute approximate surface area is 212 Å². The van der Waals surface area contributed by atoms with Gasteiger partial charge in [-0.15, -0.1) is 0 Å². The number of hydrogen-bond acceptors (Lipinski definition) is 6. The molecule has 0 bridgehead atoms. The van der Waals surface area contributed by atoms with E-state index in [0.717, 1.165) is 53.6 Å². The maximum Gasteiger partial charge on any atom is 0.333 e. The van der Waals surface area contributed by atoms with Gasteiger partial charge in [0.15, 0.2) is 5.82 Å². The van der Waals surface area contributed by atoms with Crippen LogP contribution in [0.5, 0.6) is 0 Å². The monoisotopic (exact) mass is 489 g/mol. The Morgan fingerprint density at radius 2 is 1.92 bits per heavy atom. The van der Waals surface area contributed by atoms with Crippen molar-refractivity contribution in [3.05, 3.63) is 65.3 Å². The summed E-state index contributed by atoms with van der Waals surface area (Å²) in [6.45, 7) is 10.6. The molecule has 0 saturated heterocycles. The Morgan fingerprint density at radius 1 is 1.14 bits per heavy atom. The average molecular weight is 490 g/mol. The lowest BCUT2D eigenvalue weighted by molar-refractivity contribution is -0.136. The van der Waals surface area contributed by atoms with Gasteiger partial charge >= 0.3 is 5.97 Å². The molecule has 36 heavy (non-hydrogen) atoms. The van der Waals surface area contributed by atoms with Crippen LogP contribution in [0.3, 0.4) is 0 Å². The predicted octanol–water partition coefficient (Wildman–Crippen LogP) is 5.84. The number of amides is 1. The fourth-order valence-corrected chi connectivity index (χ4v) is 5.09. The lowest BCUT2D eigenvalue weighted by Gasteiger charge is -2.32. The molecule has 4 rings (SSSR count). The molecule has 1 heterocycles. The van der Waals surface area contributed by atoms with E-state index in [9.17, 15) is 9.59 Å². The van der Waals surface area contributed by atoms with Crippen molar-refractivity contribution in [2.75, 3.05) is 18.6 Å². The number of allylic oxidation sites excluding steroid dienone is 1. The van der Waals surface area contributed by atoms with Crippen molar-refractivity contribution in [1.29, 1.82) is 0 Å². The van der Waals surface area contributed by atoms with Gasteiger partial charge in [-0.2, -0.15) is 4.98 Å². The molecule has 0 unspecified atom stereocenters. The molecule has 7 heteroatoms. The van der Waals surface area contributed by atoms with Gasteiger partial charge < -0.3 is 14.2 Å². The SMILES string of the molecule is C=C(CCC(=C)c1nc(C)no1)CN(C(=O)C1CCCCC1)c1cccc2c1CCC(C(=O)OC)=C2. The van der Waals surface area contributed by atoms with Gasteiger partial charge in [0.2, 0.25) is 5.91 Å². The average Bonchev–Trinajstić information content (AvgIpc) is 3.35. The molecule has 0 radical (unpaired) electrons. The first-order valence-corrected chi connectivity index (χ1v) is 12.7. The first-order chi connectivity index (χ1) is 17.4. The van der Waals surface area contributed by atoms with Gasteiger partial charge in [-0.3, -0.25) is 4.79 Å². The summed E-state index contributed by atoms with van der Waals surface area (Å²) in [5.41, 5.74) is 5.33. The number of ether oxygens (including phenoxy) is 1. The van der Waals surface area contributed by atoms with Crippen LogP contribution < -0.4 is 4.90 Å². The zero-order chi connectivity index (χ0) is 25.7. The van der Waals surface area contributed by atoms with Crippen LogP contribution in [0.15, 0.2) is 47.0 Å². The number of methoxy groups -OCH3 is 1. The minimum absolute atomic E-state index is 0.0310. The number of benzene rings is 1. The molecule has 0 atom stereocenters. The molecule has 2 aliphatic rings. The minimum atomic E-state index is -0.300. The molecule has 0 spiro atoms. The molecule has 1 aromatic carbocycles. The highest BCUT2D eigenvalue weighted by molar-refractivity contribution is 5.98. The zero-order valence-corrected chi connectivity index (χ0v) is 21.3. The first-order valence-electron chi connectivity index (χ1n) is 12.7. The third-order valence-corrected chi connectivity index (χ3v) is 7.11. The maximum absolute atomic E-state index is 13.8. The number of fused-ring (bicyclic) bond motifs is 1. The van der Waals surface area contributed by atoms with Crippen molar-refractivity contribution in [1.82, 2.24) is 10.1 Å². The minimum Gasteiger partial charge on any atom is -0.466 e. The number of hydrogen-bond donors (Lipinski definition) is 0. The molecule has 1 aromatic heterocycles. The number of aryl methyl sites for hydroxylation is 1. The van der Waals surface area contributed by atoms with Gasteiger partial charge in [-0.1, -0.05) is 55.3 Å². The quantitative estimate of drug-likeness (QED) is 0.325. The number of nitrogens with zero attached hydrogens (tertiary/aromatic N) is 3. The summed E-state index contributed by atoms with van der Waals surface area (Å²) in [6, 6.07) is 5.97. The number of esters is 1. The standard InChI is InChI=1S/C29H35N3O4/c1-19(13-14-20(2)27-30-21(3)31-36-27)18-32(28(33)22-9-6-5-7-10-22)26-12-8-11-23-17-24(29(34)35-4)15-16-25(23)26/h8,11-12,17,22H,1-2,5-7,9-10,13-16,18H2,3-4H3. The van der Waals surface area contributed by atoms with Crippen molar-refractivity contribution in [3.8, 4) is 0 Å². The summed E-state index contributed by atoms with van der Waals surface area (Å²) < 4.78 is 10.2. The van der Waals surface area contributed by atoms with E-state index in [1.807, 2.05) is 29.2 Å².